The van der Waals surface area contributed by atoms with Crippen LogP contribution in [0.25, 0.3) is 0 Å². The van der Waals surface area contributed by atoms with Gasteiger partial charge in [-0.3, -0.25) is 0 Å². The lowest BCUT2D eigenvalue weighted by molar-refractivity contribution is 0.0661. The number of rotatable bonds is 1. The largest absolute Gasteiger partial charge is 0.475 e. The molecule has 1 rings (SSSR count). The van der Waals surface area contributed by atoms with Crippen molar-refractivity contribution in [2.45, 2.75) is 0 Å². The Kier molecular flexibility index (Phi) is 3.46. The van der Waals surface area contributed by atoms with Gasteiger partial charge in [-0.25, -0.2) is 4.79 Å². The van der Waals surface area contributed by atoms with E-state index in [0.717, 1.165) is 0 Å². The second-order valence-electron chi connectivity index (χ2n) is 1.41. The van der Waals surface area contributed by atoms with Gasteiger partial charge in [0.15, 0.2) is 4.67 Å². The van der Waals surface area contributed by atoms with Crippen molar-refractivity contribution in [3.05, 3.63) is 22.6 Å². The molecule has 0 aromatic carbocycles. The highest BCUT2D eigenvalue weighted by Gasteiger charge is 2.05. The average Bonchev–Trinajstić information content (AvgIpc) is 2.14. The van der Waals surface area contributed by atoms with Crippen LogP contribution in [0.1, 0.15) is 10.6 Å². The molecule has 0 aliphatic rings. The molecule has 0 atom stereocenters. The van der Waals surface area contributed by atoms with Crippen LogP contribution in [0.15, 0.2) is 21.2 Å². The van der Waals surface area contributed by atoms with Crippen molar-refractivity contribution in [1.82, 2.24) is 0 Å². The summed E-state index contributed by atoms with van der Waals surface area (Å²) in [6, 6.07) is 2.91. The molecule has 0 fully saturated rings. The Morgan fingerprint density at radius 1 is 1.60 bits per heavy atom. The van der Waals surface area contributed by atoms with E-state index in [2.05, 4.69) is 20.3 Å². The summed E-state index contributed by atoms with van der Waals surface area (Å²) in [5.74, 6) is -1.11. The number of hydrogen-bond donors (Lipinski definition) is 1. The minimum atomic E-state index is -1.05. The summed E-state index contributed by atoms with van der Waals surface area (Å²) >= 11 is 2.97. The summed E-state index contributed by atoms with van der Waals surface area (Å²) in [7, 11) is 0. The van der Waals surface area contributed by atoms with Gasteiger partial charge in [0.25, 0.3) is 0 Å². The third-order valence-electron chi connectivity index (χ3n) is 0.784. The molecule has 0 aliphatic carbocycles. The third kappa shape index (κ3) is 2.04. The number of aromatic carboxylic acids is 1. The van der Waals surface area contributed by atoms with Crippen molar-refractivity contribution >= 4 is 34.3 Å². The van der Waals surface area contributed by atoms with Crippen LogP contribution in [0.5, 0.6) is 0 Å². The molecule has 1 aromatic heterocycles. The second kappa shape index (κ2) is 3.63. The predicted octanol–water partition coefficient (Wildman–Crippen LogP) is 2.16. The lowest BCUT2D eigenvalue weighted by Gasteiger charge is -1.81. The Hall–Kier alpha value is -0.480. The topological polar surface area (TPSA) is 50.4 Å². The molecule has 0 saturated carbocycles. The maximum absolute atomic E-state index is 10.1. The van der Waals surface area contributed by atoms with Gasteiger partial charge in [-0.05, 0) is 28.1 Å². The number of carbonyl (C=O) groups is 1. The van der Waals surface area contributed by atoms with Gasteiger partial charge >= 0.3 is 5.97 Å². The van der Waals surface area contributed by atoms with Crippen LogP contribution >= 0.6 is 28.3 Å². The molecular weight excluding hydrogens is 223 g/mol. The fraction of sp³-hybridized carbons (Fsp3) is 0. The summed E-state index contributed by atoms with van der Waals surface area (Å²) < 4.78 is 5.09. The molecule has 0 saturated heterocycles. The van der Waals surface area contributed by atoms with Gasteiger partial charge < -0.3 is 9.52 Å². The normalized spacial score (nSPS) is 8.50. The Bertz CT molecular complexity index is 233. The first-order valence-electron chi connectivity index (χ1n) is 2.19. The predicted molar refractivity (Wildman–Crippen MR) is 40.6 cm³/mol. The van der Waals surface area contributed by atoms with Crippen LogP contribution in [0.2, 0.25) is 0 Å². The Morgan fingerprint density at radius 3 is 2.40 bits per heavy atom. The van der Waals surface area contributed by atoms with Gasteiger partial charge in [0.05, 0.1) is 0 Å². The molecule has 3 nitrogen and oxygen atoms in total. The number of carboxylic acid groups (broad SMARTS) is 1. The molecular formula is C5H4BrClO3. The zero-order valence-electron chi connectivity index (χ0n) is 4.70. The smallest absolute Gasteiger partial charge is 0.371 e. The van der Waals surface area contributed by atoms with Crippen molar-refractivity contribution in [1.29, 1.82) is 0 Å². The first-order chi connectivity index (χ1) is 4.20. The maximum atomic E-state index is 10.1. The second-order valence-corrected chi connectivity index (χ2v) is 2.19. The van der Waals surface area contributed by atoms with Crippen LogP contribution in [0.3, 0.4) is 0 Å². The molecule has 56 valence electrons. The lowest BCUT2D eigenvalue weighted by atomic mass is 10.5. The minimum Gasteiger partial charge on any atom is -0.475 e. The van der Waals surface area contributed by atoms with Crippen LogP contribution in [0.4, 0.5) is 0 Å². The summed E-state index contributed by atoms with van der Waals surface area (Å²) in [6.45, 7) is 0. The Balaban J connectivity index is 0.000000810. The average molecular weight is 227 g/mol. The van der Waals surface area contributed by atoms with Crippen LogP contribution < -0.4 is 0 Å². The van der Waals surface area contributed by atoms with Crippen LogP contribution in [0, 0.1) is 0 Å². The molecule has 1 heterocycles. The van der Waals surface area contributed by atoms with E-state index in [-0.39, 0.29) is 18.2 Å². The molecule has 0 radical (unpaired) electrons. The lowest BCUT2D eigenvalue weighted by Crippen LogP contribution is -1.91. The quantitative estimate of drug-likeness (QED) is 0.800. The third-order valence-corrected chi connectivity index (χ3v) is 1.21. The standard InChI is InChI=1S/C5H3BrO3.ClH/c6-4-2-1-3(9-4)5(7)8;/h1-2H,(H,7,8);1H. The van der Waals surface area contributed by atoms with E-state index in [1.54, 1.807) is 0 Å². The zero-order valence-corrected chi connectivity index (χ0v) is 7.11. The van der Waals surface area contributed by atoms with E-state index in [4.69, 9.17) is 5.11 Å². The van der Waals surface area contributed by atoms with Crippen molar-refractivity contribution in [2.24, 2.45) is 0 Å². The molecule has 10 heavy (non-hydrogen) atoms. The minimum absolute atomic E-state index is 0. The van der Waals surface area contributed by atoms with E-state index < -0.39 is 5.97 Å². The van der Waals surface area contributed by atoms with Crippen molar-refractivity contribution in [3.63, 3.8) is 0 Å². The van der Waals surface area contributed by atoms with E-state index in [1.165, 1.54) is 12.1 Å². The van der Waals surface area contributed by atoms with Crippen LogP contribution in [-0.4, -0.2) is 11.1 Å². The SMILES string of the molecule is Cl.O=C(O)c1ccc(Br)o1. The Labute approximate surface area is 71.6 Å². The van der Waals surface area contributed by atoms with Crippen molar-refractivity contribution < 1.29 is 14.3 Å². The first-order valence-corrected chi connectivity index (χ1v) is 2.98. The number of furan rings is 1. The highest BCUT2D eigenvalue weighted by Crippen LogP contribution is 2.13. The van der Waals surface area contributed by atoms with E-state index >= 15 is 0 Å². The molecule has 5 heteroatoms. The molecule has 0 spiro atoms. The monoisotopic (exact) mass is 226 g/mol. The van der Waals surface area contributed by atoms with Gasteiger partial charge in [0.2, 0.25) is 5.76 Å². The van der Waals surface area contributed by atoms with Crippen LogP contribution in [-0.2, 0) is 0 Å². The van der Waals surface area contributed by atoms with E-state index in [9.17, 15) is 4.79 Å². The molecule has 1 N–H and O–H groups in total. The van der Waals surface area contributed by atoms with Crippen molar-refractivity contribution in [2.75, 3.05) is 0 Å². The molecule has 1 aromatic rings. The van der Waals surface area contributed by atoms with Gasteiger partial charge in [-0.1, -0.05) is 0 Å². The maximum Gasteiger partial charge on any atom is 0.371 e. The Morgan fingerprint density at radius 2 is 2.20 bits per heavy atom. The molecule has 0 aliphatic heterocycles. The summed E-state index contributed by atoms with van der Waals surface area (Å²) in [5.41, 5.74) is 0. The fourth-order valence-corrected chi connectivity index (χ4v) is 0.736. The number of hydrogen-bond acceptors (Lipinski definition) is 2. The zero-order chi connectivity index (χ0) is 6.85. The molecule has 0 bridgehead atoms. The number of carboxylic acids is 1. The summed E-state index contributed by atoms with van der Waals surface area (Å²) in [4.78, 5) is 10.1. The van der Waals surface area contributed by atoms with E-state index in [0.29, 0.717) is 4.67 Å². The summed E-state index contributed by atoms with van der Waals surface area (Å²) in [5, 5.41) is 8.28. The number of halogens is 2. The fourth-order valence-electron chi connectivity index (χ4n) is 0.429. The molecule has 0 unspecified atom stereocenters. The highest BCUT2D eigenvalue weighted by atomic mass is 79.9. The van der Waals surface area contributed by atoms with Gasteiger partial charge in [0.1, 0.15) is 0 Å². The van der Waals surface area contributed by atoms with Crippen molar-refractivity contribution in [3.8, 4) is 0 Å². The van der Waals surface area contributed by atoms with Gasteiger partial charge in [-0.2, -0.15) is 0 Å². The summed E-state index contributed by atoms with van der Waals surface area (Å²) in [6.07, 6.45) is 0. The first kappa shape index (κ1) is 9.52. The van der Waals surface area contributed by atoms with Gasteiger partial charge in [0, 0.05) is 0 Å². The highest BCUT2D eigenvalue weighted by molar-refractivity contribution is 9.10. The molecule has 0 amide bonds. The van der Waals surface area contributed by atoms with E-state index in [1.807, 2.05) is 0 Å². The van der Waals surface area contributed by atoms with Gasteiger partial charge in [-0.15, -0.1) is 12.4 Å².